The summed E-state index contributed by atoms with van der Waals surface area (Å²) in [6, 6.07) is 7.73. The van der Waals surface area contributed by atoms with E-state index in [1.807, 2.05) is 31.2 Å². The largest absolute Gasteiger partial charge is 0.477 e. The molecule has 0 atom stereocenters. The zero-order valence-corrected chi connectivity index (χ0v) is 14.1. The maximum absolute atomic E-state index is 12.6. The third-order valence-corrected chi connectivity index (χ3v) is 4.44. The maximum atomic E-state index is 12.6. The van der Waals surface area contributed by atoms with Gasteiger partial charge in [0.2, 0.25) is 0 Å². The van der Waals surface area contributed by atoms with Crippen LogP contribution in [-0.2, 0) is 0 Å². The number of rotatable bonds is 5. The van der Waals surface area contributed by atoms with Crippen molar-refractivity contribution in [2.75, 3.05) is 5.32 Å². The molecule has 0 unspecified atom stereocenters. The Bertz CT molecular complexity index is 1000. The van der Waals surface area contributed by atoms with Crippen molar-refractivity contribution in [3.05, 3.63) is 59.0 Å². The molecular weight excluding hydrogens is 334 g/mol. The number of benzene rings is 1. The van der Waals surface area contributed by atoms with Gasteiger partial charge in [-0.15, -0.1) is 0 Å². The molecule has 1 aliphatic rings. The van der Waals surface area contributed by atoms with E-state index in [-0.39, 0.29) is 23.3 Å². The van der Waals surface area contributed by atoms with Gasteiger partial charge in [-0.05, 0) is 37.3 Å². The van der Waals surface area contributed by atoms with Gasteiger partial charge >= 0.3 is 5.97 Å². The summed E-state index contributed by atoms with van der Waals surface area (Å²) in [5.74, 6) is -1.05. The van der Waals surface area contributed by atoms with Crippen molar-refractivity contribution in [1.82, 2.24) is 20.0 Å². The number of H-pyrrole nitrogens is 1. The minimum Gasteiger partial charge on any atom is -0.477 e. The molecule has 8 nitrogen and oxygen atoms in total. The van der Waals surface area contributed by atoms with Gasteiger partial charge in [-0.25, -0.2) is 9.48 Å². The number of para-hydroxylation sites is 1. The lowest BCUT2D eigenvalue weighted by Gasteiger charge is -2.05. The molecule has 0 aliphatic heterocycles. The Kier molecular flexibility index (Phi) is 3.80. The zero-order valence-electron chi connectivity index (χ0n) is 14.1. The fourth-order valence-corrected chi connectivity index (χ4v) is 2.95. The molecule has 3 N–H and O–H groups in total. The van der Waals surface area contributed by atoms with E-state index in [0.717, 1.165) is 24.1 Å². The SMILES string of the molecule is Cc1ccccc1-n1cc(C(=O)Nc2n[nH]c(C(=O)O)c2C2CC2)cn1. The predicted molar refractivity (Wildman–Crippen MR) is 93.8 cm³/mol. The van der Waals surface area contributed by atoms with Crippen molar-refractivity contribution < 1.29 is 14.7 Å². The molecule has 2 aromatic heterocycles. The van der Waals surface area contributed by atoms with Crippen LogP contribution >= 0.6 is 0 Å². The van der Waals surface area contributed by atoms with Gasteiger partial charge in [0.15, 0.2) is 5.82 Å². The normalized spacial score (nSPS) is 13.6. The van der Waals surface area contributed by atoms with E-state index < -0.39 is 5.97 Å². The monoisotopic (exact) mass is 351 g/mol. The summed E-state index contributed by atoms with van der Waals surface area (Å²) in [6.07, 6.45) is 4.91. The van der Waals surface area contributed by atoms with E-state index in [9.17, 15) is 14.7 Å². The van der Waals surface area contributed by atoms with E-state index in [0.29, 0.717) is 11.1 Å². The molecule has 2 heterocycles. The van der Waals surface area contributed by atoms with Gasteiger partial charge in [0, 0.05) is 11.8 Å². The van der Waals surface area contributed by atoms with Crippen molar-refractivity contribution in [2.45, 2.75) is 25.7 Å². The summed E-state index contributed by atoms with van der Waals surface area (Å²) < 4.78 is 1.64. The highest BCUT2D eigenvalue weighted by molar-refractivity contribution is 6.04. The minimum absolute atomic E-state index is 0.0402. The lowest BCUT2D eigenvalue weighted by molar-refractivity contribution is 0.0689. The smallest absolute Gasteiger partial charge is 0.354 e. The van der Waals surface area contributed by atoms with Crippen LogP contribution in [0, 0.1) is 6.92 Å². The van der Waals surface area contributed by atoms with Crippen LogP contribution in [0.4, 0.5) is 5.82 Å². The number of aryl methyl sites for hydroxylation is 1. The number of anilines is 1. The van der Waals surface area contributed by atoms with Crippen LogP contribution in [0.1, 0.15) is 50.7 Å². The number of nitrogens with zero attached hydrogens (tertiary/aromatic N) is 3. The average Bonchev–Trinajstić information content (AvgIpc) is 3.17. The van der Waals surface area contributed by atoms with Gasteiger partial charge in [-0.3, -0.25) is 9.89 Å². The molecule has 0 bridgehead atoms. The fraction of sp³-hybridized carbons (Fsp3) is 0.222. The van der Waals surface area contributed by atoms with E-state index in [2.05, 4.69) is 20.6 Å². The van der Waals surface area contributed by atoms with Crippen molar-refractivity contribution in [3.63, 3.8) is 0 Å². The number of amides is 1. The summed E-state index contributed by atoms with van der Waals surface area (Å²) >= 11 is 0. The fourth-order valence-electron chi connectivity index (χ4n) is 2.95. The van der Waals surface area contributed by atoms with E-state index in [1.54, 1.807) is 10.9 Å². The van der Waals surface area contributed by atoms with E-state index in [1.165, 1.54) is 6.20 Å². The number of aromatic nitrogens is 4. The maximum Gasteiger partial charge on any atom is 0.354 e. The highest BCUT2D eigenvalue weighted by atomic mass is 16.4. The molecule has 1 amide bonds. The average molecular weight is 351 g/mol. The molecule has 1 aliphatic carbocycles. The second-order valence-electron chi connectivity index (χ2n) is 6.35. The van der Waals surface area contributed by atoms with Gasteiger partial charge in [0.1, 0.15) is 5.69 Å². The van der Waals surface area contributed by atoms with Crippen LogP contribution in [-0.4, -0.2) is 37.0 Å². The van der Waals surface area contributed by atoms with Gasteiger partial charge < -0.3 is 10.4 Å². The number of hydrogen-bond donors (Lipinski definition) is 3. The number of carboxylic acids is 1. The number of aromatic carboxylic acids is 1. The number of carbonyl (C=O) groups is 2. The van der Waals surface area contributed by atoms with Crippen LogP contribution in [0.5, 0.6) is 0 Å². The first-order valence-corrected chi connectivity index (χ1v) is 8.28. The Morgan fingerprint density at radius 2 is 2.08 bits per heavy atom. The van der Waals surface area contributed by atoms with Crippen molar-refractivity contribution >= 4 is 17.7 Å². The molecule has 4 rings (SSSR count). The zero-order chi connectivity index (χ0) is 18.3. The predicted octanol–water partition coefficient (Wildman–Crippen LogP) is 2.73. The molecule has 1 fully saturated rings. The summed E-state index contributed by atoms with van der Waals surface area (Å²) in [5, 5.41) is 22.7. The minimum atomic E-state index is -1.08. The first-order chi connectivity index (χ1) is 12.5. The van der Waals surface area contributed by atoms with E-state index >= 15 is 0 Å². The Balaban J connectivity index is 1.59. The Morgan fingerprint density at radius 3 is 2.77 bits per heavy atom. The topological polar surface area (TPSA) is 113 Å². The van der Waals surface area contributed by atoms with Crippen molar-refractivity contribution in [2.24, 2.45) is 0 Å². The van der Waals surface area contributed by atoms with Gasteiger partial charge in [0.25, 0.3) is 5.91 Å². The van der Waals surface area contributed by atoms with Crippen LogP contribution in [0.3, 0.4) is 0 Å². The number of carbonyl (C=O) groups excluding carboxylic acids is 1. The number of hydrogen-bond acceptors (Lipinski definition) is 4. The molecule has 3 aromatic rings. The number of aromatic amines is 1. The standard InChI is InChI=1S/C18H17N5O3/c1-10-4-2-3-5-13(10)23-9-12(8-19-23)17(24)20-16-14(11-6-7-11)15(18(25)26)21-22-16/h2-5,8-9,11H,6-7H2,1H3,(H,25,26)(H2,20,21,22,24). The second-order valence-corrected chi connectivity index (χ2v) is 6.35. The molecule has 1 saturated carbocycles. The molecule has 132 valence electrons. The number of carboxylic acid groups (broad SMARTS) is 1. The Hall–Kier alpha value is -3.42. The molecular formula is C18H17N5O3. The quantitative estimate of drug-likeness (QED) is 0.654. The van der Waals surface area contributed by atoms with Crippen molar-refractivity contribution in [3.8, 4) is 5.69 Å². The molecule has 0 radical (unpaired) electrons. The highest BCUT2D eigenvalue weighted by Gasteiger charge is 2.34. The van der Waals surface area contributed by atoms with Crippen molar-refractivity contribution in [1.29, 1.82) is 0 Å². The lowest BCUT2D eigenvalue weighted by atomic mass is 10.1. The van der Waals surface area contributed by atoms with E-state index in [4.69, 9.17) is 0 Å². The molecule has 0 saturated heterocycles. The van der Waals surface area contributed by atoms with Crippen LogP contribution in [0.25, 0.3) is 5.69 Å². The van der Waals surface area contributed by atoms with Gasteiger partial charge in [-0.1, -0.05) is 18.2 Å². The van der Waals surface area contributed by atoms with Crippen LogP contribution < -0.4 is 5.32 Å². The highest BCUT2D eigenvalue weighted by Crippen LogP contribution is 2.44. The summed E-state index contributed by atoms with van der Waals surface area (Å²) in [7, 11) is 0. The Labute approximate surface area is 148 Å². The molecule has 26 heavy (non-hydrogen) atoms. The molecule has 0 spiro atoms. The summed E-state index contributed by atoms with van der Waals surface area (Å²) in [6.45, 7) is 1.97. The molecule has 8 heteroatoms. The van der Waals surface area contributed by atoms with Crippen LogP contribution in [0.2, 0.25) is 0 Å². The van der Waals surface area contributed by atoms with Gasteiger partial charge in [0.05, 0.1) is 17.4 Å². The van der Waals surface area contributed by atoms with Crippen LogP contribution in [0.15, 0.2) is 36.7 Å². The Morgan fingerprint density at radius 1 is 1.31 bits per heavy atom. The first kappa shape index (κ1) is 16.1. The third kappa shape index (κ3) is 2.85. The lowest BCUT2D eigenvalue weighted by Crippen LogP contribution is -2.13. The van der Waals surface area contributed by atoms with Gasteiger partial charge in [-0.2, -0.15) is 10.2 Å². The first-order valence-electron chi connectivity index (χ1n) is 8.28. The molecule has 1 aromatic carbocycles. The second kappa shape index (κ2) is 6.14. The number of nitrogens with one attached hydrogen (secondary N) is 2. The summed E-state index contributed by atoms with van der Waals surface area (Å²) in [5.41, 5.74) is 2.90. The third-order valence-electron chi connectivity index (χ3n) is 4.44. The summed E-state index contributed by atoms with van der Waals surface area (Å²) in [4.78, 5) is 23.9.